The van der Waals surface area contributed by atoms with Crippen LogP contribution in [0.25, 0.3) is 23.0 Å². The van der Waals surface area contributed by atoms with E-state index >= 15 is 0 Å². The minimum Gasteiger partial charge on any atom is -0.478 e. The molecule has 2 aromatic carbocycles. The fraction of sp³-hybridized carbons (Fsp3) is 0.0476. The molecular weight excluding hydrogens is 350 g/mol. The maximum atomic E-state index is 11.0. The number of nitriles is 1. The Hall–Kier alpha value is -3.29. The number of carboxylic acid groups (broad SMARTS) is 1. The minimum atomic E-state index is -0.971. The molecule has 1 aromatic heterocycles. The van der Waals surface area contributed by atoms with Gasteiger partial charge in [-0.1, -0.05) is 35.9 Å². The number of hydrogen-bond acceptors (Lipinski definition) is 3. The summed E-state index contributed by atoms with van der Waals surface area (Å²) < 4.78 is 5.83. The van der Waals surface area contributed by atoms with Gasteiger partial charge in [-0.2, -0.15) is 5.26 Å². The fourth-order valence-corrected chi connectivity index (χ4v) is 2.88. The molecule has 0 aliphatic carbocycles. The van der Waals surface area contributed by atoms with Crippen molar-refractivity contribution in [1.29, 1.82) is 5.26 Å². The van der Waals surface area contributed by atoms with Gasteiger partial charge >= 0.3 is 5.97 Å². The zero-order valence-electron chi connectivity index (χ0n) is 13.9. The summed E-state index contributed by atoms with van der Waals surface area (Å²) in [6.07, 6.45) is 1.63. The zero-order valence-corrected chi connectivity index (χ0v) is 14.6. The predicted molar refractivity (Wildman–Crippen MR) is 101 cm³/mol. The number of rotatable bonds is 4. The second-order valence-corrected chi connectivity index (χ2v) is 6.09. The van der Waals surface area contributed by atoms with E-state index in [0.717, 1.165) is 11.1 Å². The highest BCUT2D eigenvalue weighted by Crippen LogP contribution is 2.29. The average molecular weight is 364 g/mol. The summed E-state index contributed by atoms with van der Waals surface area (Å²) in [7, 11) is 0. The number of furan rings is 1. The normalized spacial score (nSPS) is 11.2. The lowest BCUT2D eigenvalue weighted by Gasteiger charge is -2.04. The Morgan fingerprint density at radius 2 is 1.96 bits per heavy atom. The van der Waals surface area contributed by atoms with E-state index in [1.54, 1.807) is 48.5 Å². The number of halogens is 1. The van der Waals surface area contributed by atoms with Gasteiger partial charge < -0.3 is 9.52 Å². The highest BCUT2D eigenvalue weighted by atomic mass is 35.5. The summed E-state index contributed by atoms with van der Waals surface area (Å²) in [5, 5.41) is 19.0. The molecule has 5 heteroatoms. The minimum absolute atomic E-state index is 0.225. The van der Waals surface area contributed by atoms with E-state index in [1.807, 2.05) is 13.0 Å². The SMILES string of the molecule is Cc1cc(C(=O)O)ccc1-c1ccc(C=C(C#N)c2ccccc2Cl)o1. The van der Waals surface area contributed by atoms with Crippen molar-refractivity contribution >= 4 is 29.2 Å². The molecule has 0 aliphatic rings. The first-order valence-electron chi connectivity index (χ1n) is 7.80. The molecule has 3 aromatic rings. The van der Waals surface area contributed by atoms with Crippen molar-refractivity contribution in [2.75, 3.05) is 0 Å². The van der Waals surface area contributed by atoms with Gasteiger partial charge in [0, 0.05) is 16.1 Å². The standard InChI is InChI=1S/C21H14ClNO3/c1-13-10-14(21(24)25)6-8-17(13)20-9-7-16(26-20)11-15(12-23)18-4-2-3-5-19(18)22/h2-11H,1H3,(H,24,25). The second-order valence-electron chi connectivity index (χ2n) is 5.69. The van der Waals surface area contributed by atoms with Gasteiger partial charge in [0.2, 0.25) is 0 Å². The summed E-state index contributed by atoms with van der Waals surface area (Å²) in [5.41, 5.74) is 2.85. The summed E-state index contributed by atoms with van der Waals surface area (Å²) in [5.74, 6) is 0.140. The van der Waals surface area contributed by atoms with Crippen molar-refractivity contribution in [2.24, 2.45) is 0 Å². The van der Waals surface area contributed by atoms with Crippen LogP contribution < -0.4 is 0 Å². The van der Waals surface area contributed by atoms with Crippen molar-refractivity contribution in [3.8, 4) is 17.4 Å². The van der Waals surface area contributed by atoms with Gasteiger partial charge in [-0.3, -0.25) is 0 Å². The van der Waals surface area contributed by atoms with Gasteiger partial charge in [-0.05, 0) is 48.9 Å². The van der Waals surface area contributed by atoms with Gasteiger partial charge in [-0.25, -0.2) is 4.79 Å². The van der Waals surface area contributed by atoms with Crippen LogP contribution in [-0.2, 0) is 0 Å². The Kier molecular flexibility index (Phi) is 4.92. The van der Waals surface area contributed by atoms with E-state index in [1.165, 1.54) is 6.07 Å². The largest absolute Gasteiger partial charge is 0.478 e. The Balaban J connectivity index is 1.97. The van der Waals surface area contributed by atoms with E-state index in [-0.39, 0.29) is 5.56 Å². The quantitative estimate of drug-likeness (QED) is 0.606. The molecule has 3 rings (SSSR count). The monoisotopic (exact) mass is 363 g/mol. The van der Waals surface area contributed by atoms with E-state index < -0.39 is 5.97 Å². The molecule has 128 valence electrons. The molecule has 0 unspecified atom stereocenters. The molecule has 0 bridgehead atoms. The summed E-state index contributed by atoms with van der Waals surface area (Å²) in [6, 6.07) is 17.6. The second kappa shape index (κ2) is 7.30. The molecule has 1 heterocycles. The van der Waals surface area contributed by atoms with Crippen LogP contribution in [0.3, 0.4) is 0 Å². The first kappa shape index (κ1) is 17.5. The predicted octanol–water partition coefficient (Wildman–Crippen LogP) is 5.67. The maximum Gasteiger partial charge on any atom is 0.335 e. The number of nitrogens with zero attached hydrogens (tertiary/aromatic N) is 1. The first-order valence-corrected chi connectivity index (χ1v) is 8.18. The lowest BCUT2D eigenvalue weighted by molar-refractivity contribution is 0.0697. The molecule has 0 radical (unpaired) electrons. The molecule has 0 spiro atoms. The van der Waals surface area contributed by atoms with Gasteiger partial charge in [0.25, 0.3) is 0 Å². The van der Waals surface area contributed by atoms with Crippen molar-refractivity contribution in [3.05, 3.63) is 82.1 Å². The highest BCUT2D eigenvalue weighted by Gasteiger charge is 2.11. The summed E-state index contributed by atoms with van der Waals surface area (Å²) >= 11 is 6.16. The number of benzene rings is 2. The summed E-state index contributed by atoms with van der Waals surface area (Å²) in [4.78, 5) is 11.0. The van der Waals surface area contributed by atoms with E-state index in [0.29, 0.717) is 27.7 Å². The third-order valence-electron chi connectivity index (χ3n) is 3.94. The van der Waals surface area contributed by atoms with Crippen LogP contribution in [0.15, 0.2) is 59.0 Å². The molecule has 0 atom stereocenters. The van der Waals surface area contributed by atoms with Crippen LogP contribution in [0.4, 0.5) is 0 Å². The van der Waals surface area contributed by atoms with Crippen LogP contribution >= 0.6 is 11.6 Å². The number of aromatic carboxylic acids is 1. The number of hydrogen-bond donors (Lipinski definition) is 1. The third-order valence-corrected chi connectivity index (χ3v) is 4.27. The van der Waals surface area contributed by atoms with Crippen molar-refractivity contribution < 1.29 is 14.3 Å². The van der Waals surface area contributed by atoms with E-state index in [9.17, 15) is 10.1 Å². The van der Waals surface area contributed by atoms with Crippen LogP contribution in [0.5, 0.6) is 0 Å². The zero-order chi connectivity index (χ0) is 18.7. The van der Waals surface area contributed by atoms with Crippen LogP contribution in [0.2, 0.25) is 5.02 Å². The molecule has 4 nitrogen and oxygen atoms in total. The molecule has 26 heavy (non-hydrogen) atoms. The fourth-order valence-electron chi connectivity index (χ4n) is 2.64. The van der Waals surface area contributed by atoms with Crippen LogP contribution in [0, 0.1) is 18.3 Å². The molecule has 0 fully saturated rings. The lowest BCUT2D eigenvalue weighted by atomic mass is 10.0. The van der Waals surface area contributed by atoms with Gasteiger partial charge in [0.15, 0.2) is 0 Å². The lowest BCUT2D eigenvalue weighted by Crippen LogP contribution is -1.96. The Morgan fingerprint density at radius 1 is 1.19 bits per heavy atom. The number of carbonyl (C=O) groups is 1. The van der Waals surface area contributed by atoms with Gasteiger partial charge in [0.1, 0.15) is 11.5 Å². The molecule has 0 aliphatic heterocycles. The molecule has 0 amide bonds. The number of allylic oxidation sites excluding steroid dienone is 1. The Bertz CT molecular complexity index is 1060. The van der Waals surface area contributed by atoms with Crippen molar-refractivity contribution in [1.82, 2.24) is 0 Å². The first-order chi connectivity index (χ1) is 12.5. The number of carboxylic acids is 1. The van der Waals surface area contributed by atoms with Crippen molar-refractivity contribution in [2.45, 2.75) is 6.92 Å². The smallest absolute Gasteiger partial charge is 0.335 e. The van der Waals surface area contributed by atoms with Crippen LogP contribution in [0.1, 0.15) is 27.2 Å². The average Bonchev–Trinajstić information content (AvgIpc) is 3.08. The molecule has 0 saturated carbocycles. The van der Waals surface area contributed by atoms with E-state index in [2.05, 4.69) is 6.07 Å². The molecular formula is C21H14ClNO3. The van der Waals surface area contributed by atoms with Gasteiger partial charge in [0.05, 0.1) is 17.2 Å². The van der Waals surface area contributed by atoms with Crippen LogP contribution in [-0.4, -0.2) is 11.1 Å². The van der Waals surface area contributed by atoms with E-state index in [4.69, 9.17) is 21.1 Å². The summed E-state index contributed by atoms with van der Waals surface area (Å²) in [6.45, 7) is 1.82. The maximum absolute atomic E-state index is 11.0. The third kappa shape index (κ3) is 3.53. The highest BCUT2D eigenvalue weighted by molar-refractivity contribution is 6.32. The topological polar surface area (TPSA) is 74.2 Å². The van der Waals surface area contributed by atoms with Gasteiger partial charge in [-0.15, -0.1) is 0 Å². The Labute approximate surface area is 155 Å². The Morgan fingerprint density at radius 3 is 2.62 bits per heavy atom. The molecule has 1 N–H and O–H groups in total. The number of aryl methyl sites for hydroxylation is 1. The molecule has 0 saturated heterocycles. The van der Waals surface area contributed by atoms with Crippen molar-refractivity contribution in [3.63, 3.8) is 0 Å².